The van der Waals surface area contributed by atoms with Crippen LogP contribution >= 0.6 is 35.2 Å². The van der Waals surface area contributed by atoms with Crippen molar-refractivity contribution in [3.05, 3.63) is 0 Å². The number of thiol groups is 1. The lowest BCUT2D eigenvalue weighted by molar-refractivity contribution is -0.141. The first-order chi connectivity index (χ1) is 10.6. The van der Waals surface area contributed by atoms with Crippen LogP contribution in [0.4, 0.5) is 0 Å². The minimum absolute atomic E-state index is 0.124. The number of carboxylic acid groups (broad SMARTS) is 1. The second kappa shape index (κ2) is 15.9. The summed E-state index contributed by atoms with van der Waals surface area (Å²) in [4.78, 5) is 22.3. The summed E-state index contributed by atoms with van der Waals surface area (Å²) in [5.41, 5.74) is 0. The Balaban J connectivity index is 3.35. The topological polar surface area (TPSA) is 66.4 Å². The molecule has 0 aromatic heterocycles. The van der Waals surface area contributed by atoms with Gasteiger partial charge in [0.2, 0.25) is 5.91 Å². The summed E-state index contributed by atoms with van der Waals surface area (Å²) in [5.74, 6) is -1.09. The van der Waals surface area contributed by atoms with E-state index in [0.717, 1.165) is 19.3 Å². The van der Waals surface area contributed by atoms with E-state index in [0.29, 0.717) is 6.42 Å². The minimum atomic E-state index is -1.03. The highest BCUT2D eigenvalue weighted by Gasteiger charge is 2.17. The summed E-state index contributed by atoms with van der Waals surface area (Å²) in [6.45, 7) is 0. The van der Waals surface area contributed by atoms with Gasteiger partial charge in [-0.15, -0.1) is 0 Å². The molecule has 0 saturated heterocycles. The first kappa shape index (κ1) is 22.0. The van der Waals surface area contributed by atoms with Gasteiger partial charge in [0.1, 0.15) is 6.04 Å². The van der Waals surface area contributed by atoms with E-state index in [9.17, 15) is 9.59 Å². The number of unbranched alkanes of at least 4 members (excludes halogenated alkanes) is 9. The maximum atomic E-state index is 11.6. The number of carbonyl (C=O) groups excluding carboxylic acids is 1. The average Bonchev–Trinajstić information content (AvgIpc) is 2.50. The molecule has 0 spiro atoms. The molecule has 22 heavy (non-hydrogen) atoms. The van der Waals surface area contributed by atoms with Crippen molar-refractivity contribution in [3.8, 4) is 0 Å². The summed E-state index contributed by atoms with van der Waals surface area (Å²) in [7, 11) is 0. The third kappa shape index (κ3) is 13.7. The van der Waals surface area contributed by atoms with Crippen LogP contribution in [0.15, 0.2) is 0 Å². The van der Waals surface area contributed by atoms with Crippen LogP contribution in [0, 0.1) is 0 Å². The van der Waals surface area contributed by atoms with Gasteiger partial charge < -0.3 is 10.4 Å². The Bertz CT molecular complexity index is 303. The summed E-state index contributed by atoms with van der Waals surface area (Å²) in [6.07, 6.45) is 12.7. The van der Waals surface area contributed by atoms with Crippen molar-refractivity contribution in [2.45, 2.75) is 76.7 Å². The van der Waals surface area contributed by atoms with Crippen LogP contribution in [0.2, 0.25) is 0 Å². The zero-order valence-electron chi connectivity index (χ0n) is 13.4. The van der Waals surface area contributed by atoms with Crippen LogP contribution in [0.3, 0.4) is 0 Å². The number of rotatable bonds is 15. The van der Waals surface area contributed by atoms with Gasteiger partial charge in [-0.3, -0.25) is 4.79 Å². The van der Waals surface area contributed by atoms with Crippen molar-refractivity contribution in [3.63, 3.8) is 0 Å². The number of carbonyl (C=O) groups is 2. The summed E-state index contributed by atoms with van der Waals surface area (Å²) in [6, 6.07) is -0.872. The molecule has 0 aromatic carbocycles. The van der Waals surface area contributed by atoms with Crippen molar-refractivity contribution in [1.29, 1.82) is 0 Å². The molecule has 6 heteroatoms. The summed E-state index contributed by atoms with van der Waals surface area (Å²) >= 11 is 6.35. The van der Waals surface area contributed by atoms with Crippen molar-refractivity contribution in [1.82, 2.24) is 5.32 Å². The molecule has 0 aromatic rings. The van der Waals surface area contributed by atoms with Crippen molar-refractivity contribution < 1.29 is 14.7 Å². The highest BCUT2D eigenvalue weighted by molar-refractivity contribution is 14.1. The van der Waals surface area contributed by atoms with Crippen LogP contribution in [0.25, 0.3) is 0 Å². The molecule has 1 unspecified atom stereocenters. The van der Waals surface area contributed by atoms with Gasteiger partial charge in [0.25, 0.3) is 0 Å². The summed E-state index contributed by atoms with van der Waals surface area (Å²) < 4.78 is 1.27. The normalized spacial score (nSPS) is 12.1. The number of alkyl halides is 1. The first-order valence-corrected chi connectivity index (χ1v) is 10.5. The minimum Gasteiger partial charge on any atom is -0.480 e. The van der Waals surface area contributed by atoms with Crippen LogP contribution in [-0.4, -0.2) is 33.2 Å². The molecule has 0 rings (SSSR count). The van der Waals surface area contributed by atoms with E-state index < -0.39 is 12.0 Å². The lowest BCUT2D eigenvalue weighted by Crippen LogP contribution is -2.42. The number of hydrogen-bond donors (Lipinski definition) is 3. The monoisotopic (exact) mass is 443 g/mol. The number of hydrogen-bond acceptors (Lipinski definition) is 3. The number of aliphatic carboxylic acids is 1. The van der Waals surface area contributed by atoms with E-state index in [1.807, 2.05) is 0 Å². The fraction of sp³-hybridized carbons (Fsp3) is 0.875. The van der Waals surface area contributed by atoms with Crippen LogP contribution in [0.1, 0.15) is 70.6 Å². The van der Waals surface area contributed by atoms with E-state index in [-0.39, 0.29) is 11.7 Å². The molecular formula is C16H30INO3S. The van der Waals surface area contributed by atoms with E-state index in [1.54, 1.807) is 0 Å². The Morgan fingerprint density at radius 3 is 1.77 bits per heavy atom. The Morgan fingerprint density at radius 1 is 0.909 bits per heavy atom. The number of carboxylic acids is 1. The van der Waals surface area contributed by atoms with Gasteiger partial charge in [0.15, 0.2) is 0 Å². The van der Waals surface area contributed by atoms with Gasteiger partial charge in [-0.1, -0.05) is 74.0 Å². The van der Waals surface area contributed by atoms with Crippen molar-refractivity contribution >= 4 is 47.1 Å². The van der Waals surface area contributed by atoms with Gasteiger partial charge >= 0.3 is 5.97 Å². The van der Waals surface area contributed by atoms with E-state index in [4.69, 9.17) is 5.11 Å². The third-order valence-electron chi connectivity index (χ3n) is 3.60. The lowest BCUT2D eigenvalue weighted by Gasteiger charge is -2.11. The second-order valence-electron chi connectivity index (χ2n) is 5.62. The third-order valence-corrected chi connectivity index (χ3v) is 4.73. The predicted molar refractivity (Wildman–Crippen MR) is 103 cm³/mol. The lowest BCUT2D eigenvalue weighted by atomic mass is 10.1. The molecule has 2 N–H and O–H groups in total. The zero-order chi connectivity index (χ0) is 16.6. The van der Waals surface area contributed by atoms with Gasteiger partial charge in [-0.25, -0.2) is 4.79 Å². The maximum Gasteiger partial charge on any atom is 0.327 e. The SMILES string of the molecule is O=C(CCCCCCCCCCCCI)NC(CS)C(=O)O. The smallest absolute Gasteiger partial charge is 0.327 e. The van der Waals surface area contributed by atoms with Gasteiger partial charge in [0, 0.05) is 12.2 Å². The van der Waals surface area contributed by atoms with E-state index in [2.05, 4.69) is 40.5 Å². The Labute approximate surface area is 153 Å². The first-order valence-electron chi connectivity index (χ1n) is 8.30. The van der Waals surface area contributed by atoms with Crippen LogP contribution in [0.5, 0.6) is 0 Å². The average molecular weight is 443 g/mol. The van der Waals surface area contributed by atoms with Crippen molar-refractivity contribution in [2.24, 2.45) is 0 Å². The Hall–Kier alpha value is 0.0200. The molecule has 0 radical (unpaired) electrons. The number of nitrogens with one attached hydrogen (secondary N) is 1. The molecule has 0 aliphatic carbocycles. The Kier molecular flexibility index (Phi) is 15.9. The molecule has 130 valence electrons. The van der Waals surface area contributed by atoms with Gasteiger partial charge in [0.05, 0.1) is 0 Å². The largest absolute Gasteiger partial charge is 0.480 e. The molecule has 0 bridgehead atoms. The molecular weight excluding hydrogens is 413 g/mol. The highest BCUT2D eigenvalue weighted by Crippen LogP contribution is 2.11. The molecule has 4 nitrogen and oxygen atoms in total. The quantitative estimate of drug-likeness (QED) is 0.154. The maximum absolute atomic E-state index is 11.6. The Morgan fingerprint density at radius 2 is 1.36 bits per heavy atom. The van der Waals surface area contributed by atoms with E-state index in [1.165, 1.54) is 49.4 Å². The molecule has 0 aliphatic rings. The van der Waals surface area contributed by atoms with Crippen LogP contribution < -0.4 is 5.32 Å². The molecule has 0 saturated carbocycles. The van der Waals surface area contributed by atoms with E-state index >= 15 is 0 Å². The van der Waals surface area contributed by atoms with Crippen LogP contribution in [-0.2, 0) is 9.59 Å². The summed E-state index contributed by atoms with van der Waals surface area (Å²) in [5, 5.41) is 11.3. The fourth-order valence-corrected chi connectivity index (χ4v) is 3.03. The van der Waals surface area contributed by atoms with Gasteiger partial charge in [-0.05, 0) is 17.3 Å². The molecule has 0 aliphatic heterocycles. The molecule has 0 heterocycles. The highest BCUT2D eigenvalue weighted by atomic mass is 127. The molecule has 1 atom stereocenters. The number of halogens is 1. The fourth-order valence-electron chi connectivity index (χ4n) is 2.25. The number of amides is 1. The van der Waals surface area contributed by atoms with Crippen molar-refractivity contribution in [2.75, 3.05) is 10.2 Å². The molecule has 0 fully saturated rings. The second-order valence-corrected chi connectivity index (χ2v) is 7.06. The standard InChI is InChI=1S/C16H30INO3S/c17-12-10-8-6-4-2-1-3-5-7-9-11-15(19)18-14(13-22)16(20)21/h14,22H,1-13H2,(H,18,19)(H,20,21). The van der Waals surface area contributed by atoms with Gasteiger partial charge in [-0.2, -0.15) is 12.6 Å². The molecule has 1 amide bonds. The predicted octanol–water partition coefficient (Wildman–Crippen LogP) is 4.21. The zero-order valence-corrected chi connectivity index (χ0v) is 16.4.